The van der Waals surface area contributed by atoms with Crippen molar-refractivity contribution >= 4 is 5.91 Å². The molecule has 21 heavy (non-hydrogen) atoms. The molecule has 1 amide bonds. The van der Waals surface area contributed by atoms with Crippen LogP contribution in [0.3, 0.4) is 0 Å². The second-order valence-electron chi connectivity index (χ2n) is 5.10. The van der Waals surface area contributed by atoms with E-state index < -0.39 is 0 Å². The van der Waals surface area contributed by atoms with Crippen molar-refractivity contribution in [1.82, 2.24) is 10.2 Å². The molecule has 116 valence electrons. The molecule has 1 aliphatic rings. The van der Waals surface area contributed by atoms with Crippen molar-refractivity contribution in [2.24, 2.45) is 0 Å². The Balaban J connectivity index is 1.94. The van der Waals surface area contributed by atoms with E-state index in [1.54, 1.807) is 4.90 Å². The highest BCUT2D eigenvalue weighted by molar-refractivity contribution is 5.77. The van der Waals surface area contributed by atoms with E-state index in [-0.39, 0.29) is 18.6 Å². The Labute approximate surface area is 126 Å². The number of rotatable bonds is 6. The van der Waals surface area contributed by atoms with Crippen molar-refractivity contribution < 1.29 is 14.3 Å². The van der Waals surface area contributed by atoms with Gasteiger partial charge in [0.1, 0.15) is 5.75 Å². The van der Waals surface area contributed by atoms with Gasteiger partial charge in [0.15, 0.2) is 6.61 Å². The lowest BCUT2D eigenvalue weighted by molar-refractivity contribution is -0.137. The fourth-order valence-electron chi connectivity index (χ4n) is 2.43. The second-order valence-corrected chi connectivity index (χ2v) is 5.10. The van der Waals surface area contributed by atoms with Gasteiger partial charge >= 0.3 is 0 Å². The molecule has 1 unspecified atom stereocenters. The molecule has 0 aromatic heterocycles. The minimum absolute atomic E-state index is 0.0178. The molecular formula is C16H24N2O3. The maximum atomic E-state index is 12.1. The van der Waals surface area contributed by atoms with Gasteiger partial charge in [0.25, 0.3) is 5.91 Å². The van der Waals surface area contributed by atoms with E-state index >= 15 is 0 Å². The fraction of sp³-hybridized carbons (Fsp3) is 0.562. The summed E-state index contributed by atoms with van der Waals surface area (Å²) >= 11 is 0. The lowest BCUT2D eigenvalue weighted by Gasteiger charge is -2.27. The molecule has 0 radical (unpaired) electrons. The summed E-state index contributed by atoms with van der Waals surface area (Å²) in [6.07, 6.45) is 0. The molecule has 1 aromatic carbocycles. The zero-order chi connectivity index (χ0) is 15.1. The summed E-state index contributed by atoms with van der Waals surface area (Å²) in [6.45, 7) is 7.66. The Kier molecular flexibility index (Phi) is 6.02. The maximum Gasteiger partial charge on any atom is 0.260 e. The van der Waals surface area contributed by atoms with Crippen LogP contribution in [0.15, 0.2) is 24.3 Å². The highest BCUT2D eigenvalue weighted by Crippen LogP contribution is 2.24. The van der Waals surface area contributed by atoms with Gasteiger partial charge in [0, 0.05) is 24.7 Å². The Morgan fingerprint density at radius 1 is 1.38 bits per heavy atom. The van der Waals surface area contributed by atoms with Crippen molar-refractivity contribution in [2.75, 3.05) is 39.5 Å². The average molecular weight is 292 g/mol. The number of morpholine rings is 1. The zero-order valence-electron chi connectivity index (χ0n) is 12.8. The van der Waals surface area contributed by atoms with E-state index in [0.29, 0.717) is 26.3 Å². The Morgan fingerprint density at radius 2 is 2.10 bits per heavy atom. The monoisotopic (exact) mass is 292 g/mol. The molecule has 0 bridgehead atoms. The van der Waals surface area contributed by atoms with E-state index in [1.807, 2.05) is 24.3 Å². The first-order chi connectivity index (χ1) is 10.2. The number of benzene rings is 1. The Bertz CT molecular complexity index is 459. The molecule has 1 heterocycles. The SMILES string of the molecule is CCNC(C)c1ccccc1OCC(=O)N1CCOCC1. The summed E-state index contributed by atoms with van der Waals surface area (Å²) in [5.41, 5.74) is 1.08. The molecule has 1 N–H and O–H groups in total. The summed E-state index contributed by atoms with van der Waals surface area (Å²) < 4.78 is 11.0. The van der Waals surface area contributed by atoms with Crippen molar-refractivity contribution in [1.29, 1.82) is 0 Å². The summed E-state index contributed by atoms with van der Waals surface area (Å²) in [6, 6.07) is 8.05. The van der Waals surface area contributed by atoms with Crippen molar-refractivity contribution in [3.8, 4) is 5.75 Å². The smallest absolute Gasteiger partial charge is 0.260 e. The minimum Gasteiger partial charge on any atom is -0.483 e. The molecule has 1 aliphatic heterocycles. The molecular weight excluding hydrogens is 268 g/mol. The number of nitrogens with one attached hydrogen (secondary N) is 1. The Hall–Kier alpha value is -1.59. The number of hydrogen-bond donors (Lipinski definition) is 1. The molecule has 1 atom stereocenters. The van der Waals surface area contributed by atoms with Crippen LogP contribution in [0.2, 0.25) is 0 Å². The van der Waals surface area contributed by atoms with Crippen LogP contribution < -0.4 is 10.1 Å². The number of carbonyl (C=O) groups excluding carboxylic acids is 1. The predicted octanol–water partition coefficient (Wildman–Crippen LogP) is 1.59. The predicted molar refractivity (Wildman–Crippen MR) is 81.4 cm³/mol. The van der Waals surface area contributed by atoms with Gasteiger partial charge in [-0.3, -0.25) is 4.79 Å². The van der Waals surface area contributed by atoms with E-state index in [4.69, 9.17) is 9.47 Å². The minimum atomic E-state index is 0.0178. The first-order valence-electron chi connectivity index (χ1n) is 7.53. The van der Waals surface area contributed by atoms with Crippen LogP contribution in [0.5, 0.6) is 5.75 Å². The van der Waals surface area contributed by atoms with E-state index in [2.05, 4.69) is 19.2 Å². The quantitative estimate of drug-likeness (QED) is 0.865. The van der Waals surface area contributed by atoms with Crippen molar-refractivity contribution in [2.45, 2.75) is 19.9 Å². The molecule has 5 heteroatoms. The second kappa shape index (κ2) is 8.00. The molecule has 0 spiro atoms. The summed E-state index contributed by atoms with van der Waals surface area (Å²) in [4.78, 5) is 13.9. The lowest BCUT2D eigenvalue weighted by Crippen LogP contribution is -2.43. The number of amides is 1. The van der Waals surface area contributed by atoms with Crippen molar-refractivity contribution in [3.05, 3.63) is 29.8 Å². The van der Waals surface area contributed by atoms with E-state index in [9.17, 15) is 4.79 Å². The van der Waals surface area contributed by atoms with Gasteiger partial charge in [-0.05, 0) is 19.5 Å². The van der Waals surface area contributed by atoms with Gasteiger partial charge in [-0.25, -0.2) is 0 Å². The van der Waals surface area contributed by atoms with Gasteiger partial charge < -0.3 is 19.7 Å². The molecule has 2 rings (SSSR count). The largest absolute Gasteiger partial charge is 0.483 e. The number of carbonyl (C=O) groups is 1. The number of nitrogens with zero attached hydrogens (tertiary/aromatic N) is 1. The first-order valence-corrected chi connectivity index (χ1v) is 7.53. The van der Waals surface area contributed by atoms with Gasteiger partial charge in [0.2, 0.25) is 0 Å². The topological polar surface area (TPSA) is 50.8 Å². The third kappa shape index (κ3) is 4.44. The van der Waals surface area contributed by atoms with Crippen LogP contribution in [-0.2, 0) is 9.53 Å². The first kappa shape index (κ1) is 15.8. The zero-order valence-corrected chi connectivity index (χ0v) is 12.8. The van der Waals surface area contributed by atoms with Gasteiger partial charge in [-0.15, -0.1) is 0 Å². The molecule has 5 nitrogen and oxygen atoms in total. The van der Waals surface area contributed by atoms with Crippen LogP contribution in [0, 0.1) is 0 Å². The number of hydrogen-bond acceptors (Lipinski definition) is 4. The normalized spacial score (nSPS) is 16.6. The summed E-state index contributed by atoms with van der Waals surface area (Å²) in [5, 5.41) is 3.36. The third-order valence-electron chi connectivity index (χ3n) is 3.61. The highest BCUT2D eigenvalue weighted by atomic mass is 16.5. The lowest BCUT2D eigenvalue weighted by atomic mass is 10.1. The summed E-state index contributed by atoms with van der Waals surface area (Å²) in [7, 11) is 0. The van der Waals surface area contributed by atoms with Gasteiger partial charge in [0.05, 0.1) is 13.2 Å². The maximum absolute atomic E-state index is 12.1. The molecule has 0 saturated carbocycles. The van der Waals surface area contributed by atoms with Crippen LogP contribution in [0.1, 0.15) is 25.5 Å². The van der Waals surface area contributed by atoms with E-state index in [1.165, 1.54) is 0 Å². The third-order valence-corrected chi connectivity index (χ3v) is 3.61. The van der Waals surface area contributed by atoms with Crippen LogP contribution in [0.25, 0.3) is 0 Å². The molecule has 0 aliphatic carbocycles. The highest BCUT2D eigenvalue weighted by Gasteiger charge is 2.18. The van der Waals surface area contributed by atoms with Crippen molar-refractivity contribution in [3.63, 3.8) is 0 Å². The number of ether oxygens (including phenoxy) is 2. The molecule has 1 fully saturated rings. The molecule has 1 saturated heterocycles. The van der Waals surface area contributed by atoms with Gasteiger partial charge in [-0.2, -0.15) is 0 Å². The Morgan fingerprint density at radius 3 is 2.81 bits per heavy atom. The van der Waals surface area contributed by atoms with Gasteiger partial charge in [-0.1, -0.05) is 25.1 Å². The van der Waals surface area contributed by atoms with E-state index in [0.717, 1.165) is 17.9 Å². The number of para-hydroxylation sites is 1. The van der Waals surface area contributed by atoms with Crippen LogP contribution >= 0.6 is 0 Å². The summed E-state index contributed by atoms with van der Waals surface area (Å²) in [5.74, 6) is 0.789. The van der Waals surface area contributed by atoms with Crippen LogP contribution in [0.4, 0.5) is 0 Å². The average Bonchev–Trinajstić information content (AvgIpc) is 2.54. The molecule has 1 aromatic rings. The standard InChI is InChI=1S/C16H24N2O3/c1-3-17-13(2)14-6-4-5-7-15(14)21-12-16(19)18-8-10-20-11-9-18/h4-7,13,17H,3,8-12H2,1-2H3. The fourth-order valence-corrected chi connectivity index (χ4v) is 2.43. The van der Waals surface area contributed by atoms with Crippen LogP contribution in [-0.4, -0.2) is 50.3 Å².